The molecule has 0 unspecified atom stereocenters. The summed E-state index contributed by atoms with van der Waals surface area (Å²) in [5.41, 5.74) is 11.4. The maximum atomic E-state index is 10.1. The molecule has 1 aliphatic rings. The summed E-state index contributed by atoms with van der Waals surface area (Å²) < 4.78 is 0. The Balaban J connectivity index is 1.35. The predicted molar refractivity (Wildman–Crippen MR) is 263 cm³/mol. The summed E-state index contributed by atoms with van der Waals surface area (Å²) in [6, 6.07) is 68.9. The molecular weight excluding hydrogens is 765 g/mol. The Kier molecular flexibility index (Phi) is 9.25. The molecule has 0 spiro atoms. The van der Waals surface area contributed by atoms with Crippen LogP contribution in [0.2, 0.25) is 0 Å². The van der Waals surface area contributed by atoms with E-state index in [0.29, 0.717) is 11.1 Å². The highest BCUT2D eigenvalue weighted by atomic mass is 15.1. The number of nitriles is 2. The van der Waals surface area contributed by atoms with Crippen LogP contribution in [-0.2, 0) is 5.41 Å². The fourth-order valence-electron chi connectivity index (χ4n) is 11.3. The molecule has 0 heterocycles. The third kappa shape index (κ3) is 6.01. The quantitative estimate of drug-likeness (QED) is 0.157. The average Bonchev–Trinajstić information content (AvgIpc) is 3.64. The van der Waals surface area contributed by atoms with Gasteiger partial charge in [0.25, 0.3) is 0 Å². The minimum atomic E-state index is -0.496. The van der Waals surface area contributed by atoms with Crippen LogP contribution in [0, 0.1) is 33.5 Å². The van der Waals surface area contributed by atoms with Gasteiger partial charge < -0.3 is 9.80 Å². The van der Waals surface area contributed by atoms with Gasteiger partial charge in [-0.25, -0.2) is 0 Å². The molecule has 4 nitrogen and oxygen atoms in total. The zero-order chi connectivity index (χ0) is 43.7. The van der Waals surface area contributed by atoms with Crippen molar-refractivity contribution < 1.29 is 0 Å². The molecule has 0 bridgehead atoms. The number of hydrogen-bond donors (Lipinski definition) is 0. The molecule has 0 radical (unpaired) electrons. The maximum Gasteiger partial charge on any atom is 0.0992 e. The number of para-hydroxylation sites is 2. The number of anilines is 6. The Hall–Kier alpha value is -7.66. The predicted octanol–water partition coefficient (Wildman–Crippen LogP) is 16.2. The average molecular weight is 813 g/mol. The van der Waals surface area contributed by atoms with Crippen molar-refractivity contribution in [1.29, 1.82) is 10.5 Å². The van der Waals surface area contributed by atoms with E-state index >= 15 is 0 Å². The first kappa shape index (κ1) is 39.5. The van der Waals surface area contributed by atoms with Gasteiger partial charge in [-0.1, -0.05) is 145 Å². The van der Waals surface area contributed by atoms with Crippen molar-refractivity contribution >= 4 is 66.4 Å². The first-order valence-corrected chi connectivity index (χ1v) is 21.7. The summed E-state index contributed by atoms with van der Waals surface area (Å²) in [7, 11) is 0. The van der Waals surface area contributed by atoms with E-state index in [4.69, 9.17) is 0 Å². The van der Waals surface area contributed by atoms with Gasteiger partial charge in [0, 0.05) is 39.2 Å². The third-order valence-corrected chi connectivity index (χ3v) is 13.3. The van der Waals surface area contributed by atoms with Gasteiger partial charge >= 0.3 is 0 Å². The van der Waals surface area contributed by atoms with Crippen LogP contribution in [0.15, 0.2) is 182 Å². The second-order valence-electron chi connectivity index (χ2n) is 18.8. The van der Waals surface area contributed by atoms with E-state index in [2.05, 4.69) is 203 Å². The minimum Gasteiger partial charge on any atom is -0.310 e. The Bertz CT molecular complexity index is 3320. The minimum absolute atomic E-state index is 0.273. The topological polar surface area (TPSA) is 54.1 Å². The van der Waals surface area contributed by atoms with Gasteiger partial charge in [0.15, 0.2) is 0 Å². The molecular formula is C59H48N4. The van der Waals surface area contributed by atoms with Crippen molar-refractivity contribution in [2.75, 3.05) is 9.80 Å². The lowest BCUT2D eigenvalue weighted by Crippen LogP contribution is -2.50. The van der Waals surface area contributed by atoms with Crippen LogP contribution >= 0.6 is 0 Å². The van der Waals surface area contributed by atoms with Crippen molar-refractivity contribution in [3.05, 3.63) is 204 Å². The third-order valence-electron chi connectivity index (χ3n) is 13.3. The van der Waals surface area contributed by atoms with Gasteiger partial charge in [-0.15, -0.1) is 0 Å². The Labute approximate surface area is 370 Å². The van der Waals surface area contributed by atoms with Crippen molar-refractivity contribution in [3.8, 4) is 23.3 Å². The van der Waals surface area contributed by atoms with Crippen LogP contribution < -0.4 is 9.80 Å². The lowest BCUT2D eigenvalue weighted by Gasteiger charge is -2.53. The van der Waals surface area contributed by atoms with E-state index < -0.39 is 5.41 Å². The molecule has 9 aromatic carbocycles. The molecule has 0 saturated heterocycles. The van der Waals surface area contributed by atoms with Gasteiger partial charge in [-0.2, -0.15) is 10.5 Å². The summed E-state index contributed by atoms with van der Waals surface area (Å²) in [4.78, 5) is 4.60. The fourth-order valence-corrected chi connectivity index (χ4v) is 11.3. The summed E-state index contributed by atoms with van der Waals surface area (Å²) in [5.74, 6) is 0. The van der Waals surface area contributed by atoms with Gasteiger partial charge in [-0.05, 0) is 139 Å². The normalized spacial score (nSPS) is 13.0. The summed E-state index contributed by atoms with van der Waals surface area (Å²) in [6.07, 6.45) is 0. The summed E-state index contributed by atoms with van der Waals surface area (Å²) in [6.45, 7) is 14.5. The van der Waals surface area contributed by atoms with E-state index in [1.165, 1.54) is 49.2 Å². The van der Waals surface area contributed by atoms with Crippen LogP contribution in [0.3, 0.4) is 0 Å². The molecule has 0 fully saturated rings. The monoisotopic (exact) mass is 812 g/mol. The molecule has 304 valence electrons. The second kappa shape index (κ2) is 14.8. The molecule has 10 rings (SSSR count). The molecule has 0 aromatic heterocycles. The smallest absolute Gasteiger partial charge is 0.0992 e. The van der Waals surface area contributed by atoms with Crippen molar-refractivity contribution in [2.24, 2.45) is 10.8 Å². The van der Waals surface area contributed by atoms with Crippen LogP contribution in [0.25, 0.3) is 43.4 Å². The largest absolute Gasteiger partial charge is 0.310 e. The second-order valence-corrected chi connectivity index (χ2v) is 18.8. The molecule has 9 aromatic rings. The number of benzene rings is 9. The van der Waals surface area contributed by atoms with Gasteiger partial charge in [0.05, 0.1) is 29.0 Å². The molecule has 63 heavy (non-hydrogen) atoms. The zero-order valence-electron chi connectivity index (χ0n) is 36.6. The standard InChI is InChI=1S/C59H48N4/c1-57(2,3)59(58(4,5)6)52-36-53(63(42-23-11-8-12-24-42)44-26-18-20-40(34-44)38-61)47-28-14-16-30-49(47)54(52)55-48-29-15-13-27-46(48)51-35-45(31-32-50(51)56(55)59)62(41-21-9-7-10-22-41)43-25-17-19-39(33-43)37-60/h7-36H,1-6H3. The number of nitrogens with zero attached hydrogens (tertiary/aromatic N) is 4. The Morgan fingerprint density at radius 2 is 0.841 bits per heavy atom. The summed E-state index contributed by atoms with van der Waals surface area (Å²) in [5, 5.41) is 27.3. The lowest BCUT2D eigenvalue weighted by molar-refractivity contribution is 0.0965. The van der Waals surface area contributed by atoms with E-state index in [-0.39, 0.29) is 10.8 Å². The van der Waals surface area contributed by atoms with Crippen LogP contribution in [-0.4, -0.2) is 0 Å². The van der Waals surface area contributed by atoms with Crippen molar-refractivity contribution in [3.63, 3.8) is 0 Å². The Morgan fingerprint density at radius 3 is 1.40 bits per heavy atom. The zero-order valence-corrected chi connectivity index (χ0v) is 36.6. The highest BCUT2D eigenvalue weighted by molar-refractivity contribution is 6.23. The van der Waals surface area contributed by atoms with E-state index in [9.17, 15) is 10.5 Å². The fraction of sp³-hybridized carbons (Fsp3) is 0.153. The lowest BCUT2D eigenvalue weighted by atomic mass is 9.49. The van der Waals surface area contributed by atoms with Crippen LogP contribution in [0.1, 0.15) is 63.8 Å². The summed E-state index contributed by atoms with van der Waals surface area (Å²) >= 11 is 0. The molecule has 0 N–H and O–H groups in total. The van der Waals surface area contributed by atoms with E-state index in [1.807, 2.05) is 42.5 Å². The number of hydrogen-bond acceptors (Lipinski definition) is 4. The first-order chi connectivity index (χ1) is 30.5. The number of rotatable bonds is 6. The Morgan fingerprint density at radius 1 is 0.381 bits per heavy atom. The van der Waals surface area contributed by atoms with E-state index in [0.717, 1.165) is 39.5 Å². The van der Waals surface area contributed by atoms with Crippen LogP contribution in [0.5, 0.6) is 0 Å². The molecule has 0 atom stereocenters. The van der Waals surface area contributed by atoms with Crippen LogP contribution in [0.4, 0.5) is 34.1 Å². The number of fused-ring (bicyclic) bond motifs is 10. The highest BCUT2D eigenvalue weighted by Gasteiger charge is 2.59. The molecule has 1 aliphatic carbocycles. The maximum absolute atomic E-state index is 10.1. The van der Waals surface area contributed by atoms with Gasteiger partial charge in [0.1, 0.15) is 0 Å². The van der Waals surface area contributed by atoms with Gasteiger partial charge in [0.2, 0.25) is 0 Å². The molecule has 4 heteroatoms. The highest BCUT2D eigenvalue weighted by Crippen LogP contribution is 2.69. The van der Waals surface area contributed by atoms with Crippen molar-refractivity contribution in [1.82, 2.24) is 0 Å². The van der Waals surface area contributed by atoms with Crippen molar-refractivity contribution in [2.45, 2.75) is 47.0 Å². The molecule has 0 saturated carbocycles. The van der Waals surface area contributed by atoms with E-state index in [1.54, 1.807) is 0 Å². The molecule has 0 aliphatic heterocycles. The van der Waals surface area contributed by atoms with Gasteiger partial charge in [-0.3, -0.25) is 0 Å². The molecule has 0 amide bonds. The first-order valence-electron chi connectivity index (χ1n) is 21.7. The SMILES string of the molecule is CC(C)(C)C1(C(C)(C)C)c2cc(N(c3ccccc3)c3cccc(C#N)c3)c3ccccc3c2-c2c1c1ccc(N(c3ccccc3)c3cccc(C#N)c3)cc1c1ccccc21.